The van der Waals surface area contributed by atoms with Crippen LogP contribution in [0.5, 0.6) is 17.6 Å². The Morgan fingerprint density at radius 2 is 1.89 bits per heavy atom. The minimum Gasteiger partial charge on any atom is -0.494 e. The maximum absolute atomic E-state index is 11.7. The molecule has 9 heteroatoms. The maximum Gasteiger partial charge on any atom is 0.213 e. The van der Waals surface area contributed by atoms with Gasteiger partial charge in [-0.2, -0.15) is 5.26 Å². The van der Waals surface area contributed by atoms with Gasteiger partial charge in [0.05, 0.1) is 46.2 Å². The number of fused-ring (bicyclic) bond motifs is 6. The monoisotopic (exact) mass is 531 g/mol. The molecule has 0 radical (unpaired) electrons. The topological polar surface area (TPSA) is 110 Å². The maximum atomic E-state index is 11.7. The first-order valence-corrected chi connectivity index (χ1v) is 12.8. The Bertz CT molecular complexity index is 1590. The molecule has 0 amide bonds. The fourth-order valence-electron chi connectivity index (χ4n) is 6.27. The number of aromatic hydroxyl groups is 2. The minimum absolute atomic E-state index is 0.0955. The second kappa shape index (κ2) is 8.91. The lowest BCUT2D eigenvalue weighted by molar-refractivity contribution is -0.125. The number of rotatable bonds is 7. The molecule has 0 aliphatic carbocycles. The third-order valence-electron chi connectivity index (χ3n) is 7.94. The van der Waals surface area contributed by atoms with Gasteiger partial charge in [-0.1, -0.05) is 42.8 Å². The molecule has 0 spiro atoms. The molecule has 3 atom stereocenters. The fourth-order valence-corrected chi connectivity index (χ4v) is 6.38. The lowest BCUT2D eigenvalue weighted by atomic mass is 9.74. The number of methoxy groups -OCH3 is 1. The van der Waals surface area contributed by atoms with E-state index in [2.05, 4.69) is 11.1 Å². The average molecular weight is 532 g/mol. The Morgan fingerprint density at radius 1 is 1.13 bits per heavy atom. The van der Waals surface area contributed by atoms with Crippen LogP contribution in [-0.4, -0.2) is 39.6 Å². The van der Waals surface area contributed by atoms with E-state index < -0.39 is 11.2 Å². The molecule has 8 nitrogen and oxygen atoms in total. The van der Waals surface area contributed by atoms with Gasteiger partial charge in [-0.25, -0.2) is 4.98 Å². The van der Waals surface area contributed by atoms with Gasteiger partial charge in [0, 0.05) is 43.0 Å². The van der Waals surface area contributed by atoms with Gasteiger partial charge in [-0.15, -0.1) is 0 Å². The van der Waals surface area contributed by atoms with Crippen molar-refractivity contribution >= 4 is 22.4 Å². The van der Waals surface area contributed by atoms with Crippen LogP contribution in [0.1, 0.15) is 42.9 Å². The van der Waals surface area contributed by atoms with Crippen LogP contribution in [0.25, 0.3) is 16.5 Å². The van der Waals surface area contributed by atoms with Crippen molar-refractivity contribution in [3.8, 4) is 29.4 Å². The molecule has 2 aliphatic heterocycles. The quantitative estimate of drug-likeness (QED) is 0.315. The lowest BCUT2D eigenvalue weighted by Crippen LogP contribution is -2.37. The summed E-state index contributed by atoms with van der Waals surface area (Å²) in [5.41, 5.74) is 0.298. The molecule has 2 aliphatic rings. The molecule has 4 heterocycles. The Labute approximate surface area is 224 Å². The molecule has 2 aromatic heterocycles. The summed E-state index contributed by atoms with van der Waals surface area (Å²) in [5, 5.41) is 35.0. The smallest absolute Gasteiger partial charge is 0.213 e. The summed E-state index contributed by atoms with van der Waals surface area (Å²) >= 11 is 5.94. The molecular weight excluding hydrogens is 506 g/mol. The Kier molecular flexibility index (Phi) is 5.76. The van der Waals surface area contributed by atoms with E-state index in [9.17, 15) is 15.5 Å². The highest BCUT2D eigenvalue weighted by atomic mass is 35.5. The molecule has 1 saturated heterocycles. The number of hydrogen-bond acceptors (Lipinski definition) is 7. The molecule has 2 bridgehead atoms. The van der Waals surface area contributed by atoms with E-state index in [0.29, 0.717) is 52.5 Å². The van der Waals surface area contributed by atoms with E-state index in [1.54, 1.807) is 31.4 Å². The molecule has 1 fully saturated rings. The van der Waals surface area contributed by atoms with E-state index in [1.807, 2.05) is 31.2 Å². The van der Waals surface area contributed by atoms with E-state index in [-0.39, 0.29) is 24.5 Å². The number of halogens is 1. The summed E-state index contributed by atoms with van der Waals surface area (Å²) in [6, 6.07) is 16.5. The zero-order chi connectivity index (χ0) is 26.7. The standard InChI is InChI=1S/C29H26ClN3O5/c1-3-29-22(36-2)14-28(38-29,12-13-37-23-11-9-18(30)16-32-23)24-25(29)27(35)33(26(24)34)21-10-8-17(15-31)19-6-4-5-7-20(19)21/h4-11,16,22,34-35H,3,12-14H2,1-2H3. The van der Waals surface area contributed by atoms with Gasteiger partial charge in [-0.05, 0) is 24.6 Å². The van der Waals surface area contributed by atoms with Crippen LogP contribution in [0.4, 0.5) is 0 Å². The number of hydrogen-bond donors (Lipinski definition) is 2. The number of aromatic nitrogens is 2. The van der Waals surface area contributed by atoms with E-state index in [4.69, 9.17) is 25.8 Å². The van der Waals surface area contributed by atoms with E-state index in [0.717, 1.165) is 10.8 Å². The van der Waals surface area contributed by atoms with Gasteiger partial charge in [0.1, 0.15) is 11.2 Å². The molecule has 4 aromatic rings. The summed E-state index contributed by atoms with van der Waals surface area (Å²) < 4.78 is 19.9. The van der Waals surface area contributed by atoms with Gasteiger partial charge in [0.25, 0.3) is 0 Å². The van der Waals surface area contributed by atoms with E-state index >= 15 is 0 Å². The van der Waals surface area contributed by atoms with Crippen molar-refractivity contribution in [3.05, 3.63) is 76.4 Å². The van der Waals surface area contributed by atoms with Crippen molar-refractivity contribution in [3.63, 3.8) is 0 Å². The SMILES string of the molecule is CCC12OC(CCOc3ccc(Cl)cn3)(CC1OC)c1c2c(O)n(-c2ccc(C#N)c3ccccc23)c1O. The third kappa shape index (κ3) is 3.33. The second-order valence-corrected chi connectivity index (χ2v) is 10.1. The first kappa shape index (κ1) is 24.6. The summed E-state index contributed by atoms with van der Waals surface area (Å²) in [6.07, 6.45) is 2.62. The van der Waals surface area contributed by atoms with Crippen LogP contribution in [0, 0.1) is 11.3 Å². The lowest BCUT2D eigenvalue weighted by Gasteiger charge is -2.31. The molecule has 38 heavy (non-hydrogen) atoms. The predicted octanol–water partition coefficient (Wildman–Crippen LogP) is 5.68. The summed E-state index contributed by atoms with van der Waals surface area (Å²) in [6.45, 7) is 2.24. The Morgan fingerprint density at radius 3 is 2.58 bits per heavy atom. The van der Waals surface area contributed by atoms with Gasteiger partial charge in [-0.3, -0.25) is 4.57 Å². The molecular formula is C29H26ClN3O5. The molecule has 2 N–H and O–H groups in total. The highest BCUT2D eigenvalue weighted by molar-refractivity contribution is 6.30. The van der Waals surface area contributed by atoms with Crippen LogP contribution < -0.4 is 4.74 Å². The van der Waals surface area contributed by atoms with E-state index in [1.165, 1.54) is 10.8 Å². The normalized spacial score (nSPS) is 23.5. The first-order valence-electron chi connectivity index (χ1n) is 12.5. The van der Waals surface area contributed by atoms with Crippen molar-refractivity contribution in [2.75, 3.05) is 13.7 Å². The summed E-state index contributed by atoms with van der Waals surface area (Å²) in [7, 11) is 1.63. The molecule has 3 unspecified atom stereocenters. The zero-order valence-electron chi connectivity index (χ0n) is 20.9. The van der Waals surface area contributed by atoms with Crippen molar-refractivity contribution in [2.45, 2.75) is 43.5 Å². The van der Waals surface area contributed by atoms with Gasteiger partial charge in [0.15, 0.2) is 0 Å². The number of benzene rings is 2. The molecule has 2 aromatic carbocycles. The molecule has 194 valence electrons. The van der Waals surface area contributed by atoms with Crippen molar-refractivity contribution < 1.29 is 24.4 Å². The van der Waals surface area contributed by atoms with Gasteiger partial charge < -0.3 is 24.4 Å². The average Bonchev–Trinajstić information content (AvgIpc) is 3.53. The molecule has 6 rings (SSSR count). The Balaban J connectivity index is 1.48. The molecule has 0 saturated carbocycles. The van der Waals surface area contributed by atoms with Crippen LogP contribution in [0.3, 0.4) is 0 Å². The van der Waals surface area contributed by atoms with Crippen LogP contribution in [0.2, 0.25) is 5.02 Å². The number of pyridine rings is 1. The first-order chi connectivity index (χ1) is 18.4. The minimum atomic E-state index is -0.937. The highest BCUT2D eigenvalue weighted by Crippen LogP contribution is 2.67. The van der Waals surface area contributed by atoms with Crippen molar-refractivity contribution in [1.82, 2.24) is 9.55 Å². The van der Waals surface area contributed by atoms with Crippen molar-refractivity contribution in [1.29, 1.82) is 5.26 Å². The van der Waals surface area contributed by atoms with Crippen molar-refractivity contribution in [2.24, 2.45) is 0 Å². The summed E-state index contributed by atoms with van der Waals surface area (Å²) in [5.74, 6) is 0.237. The Hall–Kier alpha value is -3.77. The highest BCUT2D eigenvalue weighted by Gasteiger charge is 2.67. The number of nitriles is 1. The fraction of sp³-hybridized carbons (Fsp3) is 0.310. The van der Waals surface area contributed by atoms with Gasteiger partial charge in [0.2, 0.25) is 17.6 Å². The third-order valence-corrected chi connectivity index (χ3v) is 8.16. The largest absolute Gasteiger partial charge is 0.494 e. The second-order valence-electron chi connectivity index (χ2n) is 9.70. The van der Waals surface area contributed by atoms with Crippen LogP contribution in [0.15, 0.2) is 54.7 Å². The predicted molar refractivity (Wildman–Crippen MR) is 141 cm³/mol. The van der Waals surface area contributed by atoms with Gasteiger partial charge >= 0.3 is 0 Å². The number of ether oxygens (including phenoxy) is 3. The number of nitrogens with zero attached hydrogens (tertiary/aromatic N) is 3. The van der Waals surface area contributed by atoms with Crippen LogP contribution >= 0.6 is 11.6 Å². The zero-order valence-corrected chi connectivity index (χ0v) is 21.7. The van der Waals surface area contributed by atoms with Crippen LogP contribution in [-0.2, 0) is 20.7 Å². The summed E-state index contributed by atoms with van der Waals surface area (Å²) in [4.78, 5) is 4.19.